The van der Waals surface area contributed by atoms with E-state index in [-0.39, 0.29) is 11.4 Å². The number of hydrogen-bond acceptors (Lipinski definition) is 5. The zero-order valence-corrected chi connectivity index (χ0v) is 16.0. The van der Waals surface area contributed by atoms with Crippen LogP contribution in [0.5, 0.6) is 0 Å². The third-order valence-corrected chi connectivity index (χ3v) is 5.91. The van der Waals surface area contributed by atoms with Crippen LogP contribution in [0.3, 0.4) is 0 Å². The summed E-state index contributed by atoms with van der Waals surface area (Å²) in [6, 6.07) is 8.62. The lowest BCUT2D eigenvalue weighted by atomic mass is 10.2. The summed E-state index contributed by atoms with van der Waals surface area (Å²) in [5.41, 5.74) is 1.39. The molecule has 8 heteroatoms. The molecule has 26 heavy (non-hydrogen) atoms. The molecule has 0 unspecified atom stereocenters. The SMILES string of the molecule is CC(C)Cn1c(=O)c2sccc2n2c(SCc3ccccc3F)nnc12. The van der Waals surface area contributed by atoms with Crippen LogP contribution in [-0.4, -0.2) is 19.2 Å². The third-order valence-electron chi connectivity index (χ3n) is 4.04. The minimum absolute atomic E-state index is 0.0331. The van der Waals surface area contributed by atoms with Crippen molar-refractivity contribution in [3.63, 3.8) is 0 Å². The molecule has 0 radical (unpaired) electrons. The molecule has 0 amide bonds. The van der Waals surface area contributed by atoms with Gasteiger partial charge in [0.1, 0.15) is 10.5 Å². The van der Waals surface area contributed by atoms with Gasteiger partial charge in [-0.3, -0.25) is 13.8 Å². The van der Waals surface area contributed by atoms with E-state index in [1.807, 2.05) is 21.9 Å². The summed E-state index contributed by atoms with van der Waals surface area (Å²) in [6.45, 7) is 4.70. The summed E-state index contributed by atoms with van der Waals surface area (Å²) in [6.07, 6.45) is 0. The average molecular weight is 388 g/mol. The van der Waals surface area contributed by atoms with E-state index in [1.54, 1.807) is 16.7 Å². The van der Waals surface area contributed by atoms with E-state index in [9.17, 15) is 9.18 Å². The first-order chi connectivity index (χ1) is 12.6. The standard InChI is InChI=1S/C18H17FN4OS2/c1-11(2)9-22-16(24)15-14(7-8-25-15)23-17(22)20-21-18(23)26-10-12-5-3-4-6-13(12)19/h3-8,11H,9-10H2,1-2H3. The zero-order valence-electron chi connectivity index (χ0n) is 14.3. The lowest BCUT2D eigenvalue weighted by Gasteiger charge is -2.11. The highest BCUT2D eigenvalue weighted by atomic mass is 32.2. The van der Waals surface area contributed by atoms with E-state index in [2.05, 4.69) is 24.0 Å². The number of benzene rings is 1. The normalized spacial score (nSPS) is 11.8. The number of thioether (sulfide) groups is 1. The van der Waals surface area contributed by atoms with Gasteiger partial charge in [0.2, 0.25) is 5.78 Å². The first-order valence-corrected chi connectivity index (χ1v) is 10.1. The van der Waals surface area contributed by atoms with Gasteiger partial charge < -0.3 is 0 Å². The van der Waals surface area contributed by atoms with Gasteiger partial charge in [0, 0.05) is 12.3 Å². The van der Waals surface area contributed by atoms with Gasteiger partial charge >= 0.3 is 0 Å². The van der Waals surface area contributed by atoms with Gasteiger partial charge in [0.25, 0.3) is 5.56 Å². The fourth-order valence-corrected chi connectivity index (χ4v) is 4.63. The summed E-state index contributed by atoms with van der Waals surface area (Å²) in [4.78, 5) is 12.8. The van der Waals surface area contributed by atoms with Crippen LogP contribution < -0.4 is 5.56 Å². The fourth-order valence-electron chi connectivity index (χ4n) is 2.88. The number of rotatable bonds is 5. The lowest BCUT2D eigenvalue weighted by molar-refractivity contribution is 0.517. The Kier molecular flexibility index (Phi) is 4.54. The van der Waals surface area contributed by atoms with Gasteiger partial charge in [-0.25, -0.2) is 4.39 Å². The Bertz CT molecular complexity index is 1150. The molecule has 3 heterocycles. The molecule has 3 aromatic heterocycles. The summed E-state index contributed by atoms with van der Waals surface area (Å²) >= 11 is 2.83. The van der Waals surface area contributed by atoms with Crippen molar-refractivity contribution >= 4 is 39.1 Å². The van der Waals surface area contributed by atoms with Crippen molar-refractivity contribution in [2.75, 3.05) is 0 Å². The first-order valence-electron chi connectivity index (χ1n) is 8.27. The maximum absolute atomic E-state index is 13.9. The lowest BCUT2D eigenvalue weighted by Crippen LogP contribution is -2.24. The number of halogens is 1. The van der Waals surface area contributed by atoms with Crippen LogP contribution >= 0.6 is 23.1 Å². The summed E-state index contributed by atoms with van der Waals surface area (Å²) in [5, 5.41) is 11.1. The predicted molar refractivity (Wildman–Crippen MR) is 103 cm³/mol. The molecule has 0 saturated carbocycles. The summed E-state index contributed by atoms with van der Waals surface area (Å²) in [7, 11) is 0. The highest BCUT2D eigenvalue weighted by molar-refractivity contribution is 7.98. The van der Waals surface area contributed by atoms with Crippen molar-refractivity contribution in [3.05, 3.63) is 57.4 Å². The highest BCUT2D eigenvalue weighted by Gasteiger charge is 2.18. The predicted octanol–water partition coefficient (Wildman–Crippen LogP) is 4.19. The Balaban J connectivity index is 1.83. The highest BCUT2D eigenvalue weighted by Crippen LogP contribution is 2.27. The Morgan fingerprint density at radius 2 is 2.04 bits per heavy atom. The fraction of sp³-hybridized carbons (Fsp3) is 0.278. The van der Waals surface area contributed by atoms with Crippen LogP contribution in [-0.2, 0) is 12.3 Å². The molecule has 134 valence electrons. The number of thiophene rings is 1. The molecule has 0 bridgehead atoms. The van der Waals surface area contributed by atoms with Crippen molar-refractivity contribution in [2.24, 2.45) is 5.92 Å². The van der Waals surface area contributed by atoms with Gasteiger partial charge in [-0.15, -0.1) is 21.5 Å². The van der Waals surface area contributed by atoms with Crippen LogP contribution in [0.25, 0.3) is 16.0 Å². The number of aromatic nitrogens is 4. The van der Waals surface area contributed by atoms with Crippen molar-refractivity contribution in [2.45, 2.75) is 31.3 Å². The smallest absolute Gasteiger partial charge is 0.272 e. The number of nitrogens with zero attached hydrogens (tertiary/aromatic N) is 4. The Hall–Kier alpha value is -2.19. The summed E-state index contributed by atoms with van der Waals surface area (Å²) in [5.74, 6) is 1.06. The van der Waals surface area contributed by atoms with Gasteiger partial charge in [-0.2, -0.15) is 0 Å². The van der Waals surface area contributed by atoms with E-state index in [0.717, 1.165) is 5.52 Å². The molecule has 0 aliphatic carbocycles. The molecule has 0 atom stereocenters. The second-order valence-electron chi connectivity index (χ2n) is 6.44. The minimum Gasteiger partial charge on any atom is -0.275 e. The maximum Gasteiger partial charge on any atom is 0.272 e. The molecular formula is C18H17FN4OS2. The van der Waals surface area contributed by atoms with Crippen LogP contribution in [0.2, 0.25) is 0 Å². The molecule has 0 aliphatic rings. The van der Waals surface area contributed by atoms with Gasteiger partial charge in [0.05, 0.1) is 5.52 Å². The molecule has 5 nitrogen and oxygen atoms in total. The van der Waals surface area contributed by atoms with E-state index in [4.69, 9.17) is 0 Å². The van der Waals surface area contributed by atoms with Crippen LogP contribution in [0.1, 0.15) is 19.4 Å². The zero-order chi connectivity index (χ0) is 18.3. The molecule has 0 aliphatic heterocycles. The molecule has 0 fully saturated rings. The Morgan fingerprint density at radius 1 is 1.23 bits per heavy atom. The van der Waals surface area contributed by atoms with Crippen molar-refractivity contribution in [1.82, 2.24) is 19.2 Å². The molecule has 0 N–H and O–H groups in total. The quantitative estimate of drug-likeness (QED) is 0.481. The monoisotopic (exact) mass is 388 g/mol. The van der Waals surface area contributed by atoms with Gasteiger partial charge in [-0.1, -0.05) is 43.8 Å². The van der Waals surface area contributed by atoms with Gasteiger partial charge in [-0.05, 0) is 29.0 Å². The Labute approximate surface area is 157 Å². The molecule has 1 aromatic carbocycles. The minimum atomic E-state index is -0.230. The van der Waals surface area contributed by atoms with Crippen LogP contribution in [0.4, 0.5) is 4.39 Å². The first kappa shape index (κ1) is 17.2. The van der Waals surface area contributed by atoms with Crippen LogP contribution in [0.15, 0.2) is 45.7 Å². The number of fused-ring (bicyclic) bond motifs is 3. The average Bonchev–Trinajstić information content (AvgIpc) is 3.24. The Morgan fingerprint density at radius 3 is 2.81 bits per heavy atom. The summed E-state index contributed by atoms with van der Waals surface area (Å²) < 4.78 is 18.2. The largest absolute Gasteiger partial charge is 0.275 e. The molecule has 0 spiro atoms. The van der Waals surface area contributed by atoms with E-state index >= 15 is 0 Å². The van der Waals surface area contributed by atoms with E-state index in [1.165, 1.54) is 29.2 Å². The van der Waals surface area contributed by atoms with Gasteiger partial charge in [0.15, 0.2) is 5.16 Å². The van der Waals surface area contributed by atoms with E-state index in [0.29, 0.717) is 39.4 Å². The maximum atomic E-state index is 13.9. The van der Waals surface area contributed by atoms with Crippen molar-refractivity contribution in [3.8, 4) is 0 Å². The molecule has 4 rings (SSSR count). The molecule has 0 saturated heterocycles. The molecule has 4 aromatic rings. The van der Waals surface area contributed by atoms with Crippen molar-refractivity contribution in [1.29, 1.82) is 0 Å². The topological polar surface area (TPSA) is 52.2 Å². The second-order valence-corrected chi connectivity index (χ2v) is 8.30. The molecular weight excluding hydrogens is 371 g/mol. The van der Waals surface area contributed by atoms with E-state index < -0.39 is 0 Å². The van der Waals surface area contributed by atoms with Crippen molar-refractivity contribution < 1.29 is 4.39 Å². The van der Waals surface area contributed by atoms with Crippen LogP contribution in [0, 0.1) is 11.7 Å². The third kappa shape index (κ3) is 2.93. The second kappa shape index (κ2) is 6.85. The number of hydrogen-bond donors (Lipinski definition) is 0.